The SMILES string of the molecule is CSc1sc(C(N)=S)c2c1C(=O)CCC2(C)C. The molecule has 92 valence electrons. The van der Waals surface area contributed by atoms with E-state index in [9.17, 15) is 4.79 Å². The molecule has 1 aliphatic rings. The fourth-order valence-electron chi connectivity index (χ4n) is 2.30. The molecule has 0 radical (unpaired) electrons. The minimum Gasteiger partial charge on any atom is -0.389 e. The molecule has 2 N–H and O–H groups in total. The highest BCUT2D eigenvalue weighted by Crippen LogP contribution is 2.46. The predicted octanol–water partition coefficient (Wildman–Crippen LogP) is 3.36. The van der Waals surface area contributed by atoms with Crippen molar-refractivity contribution in [1.82, 2.24) is 0 Å². The van der Waals surface area contributed by atoms with Crippen molar-refractivity contribution in [2.45, 2.75) is 36.3 Å². The standard InChI is InChI=1S/C12H15NOS3/c1-12(2)5-4-6(14)7-8(12)9(10(13)15)17-11(7)16-3/h4-5H2,1-3H3,(H2,13,15). The lowest BCUT2D eigenvalue weighted by Gasteiger charge is -2.30. The van der Waals surface area contributed by atoms with Crippen molar-refractivity contribution in [3.05, 3.63) is 16.0 Å². The van der Waals surface area contributed by atoms with Gasteiger partial charge in [0.1, 0.15) is 4.99 Å². The lowest BCUT2D eigenvalue weighted by atomic mass is 9.73. The van der Waals surface area contributed by atoms with Gasteiger partial charge in [-0.3, -0.25) is 4.79 Å². The molecule has 2 nitrogen and oxygen atoms in total. The summed E-state index contributed by atoms with van der Waals surface area (Å²) in [6.45, 7) is 4.33. The Morgan fingerprint density at radius 2 is 2.18 bits per heavy atom. The molecule has 2 rings (SSSR count). The van der Waals surface area contributed by atoms with Crippen molar-refractivity contribution in [3.8, 4) is 0 Å². The average Bonchev–Trinajstić information content (AvgIpc) is 2.65. The van der Waals surface area contributed by atoms with Gasteiger partial charge < -0.3 is 5.73 Å². The smallest absolute Gasteiger partial charge is 0.165 e. The Balaban J connectivity index is 2.76. The Labute approximate surface area is 115 Å². The molecule has 0 bridgehead atoms. The lowest BCUT2D eigenvalue weighted by molar-refractivity contribution is 0.0954. The number of hydrogen-bond acceptors (Lipinski definition) is 4. The van der Waals surface area contributed by atoms with Crippen LogP contribution in [0.5, 0.6) is 0 Å². The minimum absolute atomic E-state index is 0.00745. The third-order valence-electron chi connectivity index (χ3n) is 3.22. The van der Waals surface area contributed by atoms with E-state index in [4.69, 9.17) is 18.0 Å². The lowest BCUT2D eigenvalue weighted by Crippen LogP contribution is -2.29. The summed E-state index contributed by atoms with van der Waals surface area (Å²) in [5.41, 5.74) is 7.74. The molecule has 1 aromatic heterocycles. The summed E-state index contributed by atoms with van der Waals surface area (Å²) in [5.74, 6) is 0.238. The van der Waals surface area contributed by atoms with E-state index in [-0.39, 0.29) is 11.2 Å². The zero-order valence-electron chi connectivity index (χ0n) is 10.1. The third kappa shape index (κ3) is 2.04. The molecule has 0 spiro atoms. The molecule has 0 unspecified atom stereocenters. The number of rotatable bonds is 2. The van der Waals surface area contributed by atoms with Gasteiger partial charge in [0.25, 0.3) is 0 Å². The predicted molar refractivity (Wildman–Crippen MR) is 78.6 cm³/mol. The number of Topliss-reactive ketones (excluding diaryl/α,β-unsaturated/α-hetero) is 1. The summed E-state index contributed by atoms with van der Waals surface area (Å²) < 4.78 is 1.06. The summed E-state index contributed by atoms with van der Waals surface area (Å²) >= 11 is 8.29. The number of nitrogens with two attached hydrogens (primary N) is 1. The van der Waals surface area contributed by atoms with Crippen LogP contribution in [0, 0.1) is 0 Å². The van der Waals surface area contributed by atoms with Crippen LogP contribution in [0.25, 0.3) is 0 Å². The van der Waals surface area contributed by atoms with Gasteiger partial charge in [0.05, 0.1) is 9.09 Å². The second-order valence-electron chi connectivity index (χ2n) is 4.84. The van der Waals surface area contributed by atoms with Crippen LogP contribution >= 0.6 is 35.3 Å². The van der Waals surface area contributed by atoms with Crippen LogP contribution in [-0.4, -0.2) is 17.0 Å². The fraction of sp³-hybridized carbons (Fsp3) is 0.500. The number of thioether (sulfide) groups is 1. The molecule has 1 aromatic rings. The molecule has 0 atom stereocenters. The van der Waals surface area contributed by atoms with Crippen LogP contribution in [0.1, 0.15) is 47.5 Å². The monoisotopic (exact) mass is 285 g/mol. The van der Waals surface area contributed by atoms with Gasteiger partial charge in [-0.15, -0.1) is 23.1 Å². The molecular formula is C12H15NOS3. The fourth-order valence-corrected chi connectivity index (χ4v) is 4.62. The maximum atomic E-state index is 12.1. The topological polar surface area (TPSA) is 43.1 Å². The summed E-state index contributed by atoms with van der Waals surface area (Å²) in [5, 5.41) is 0. The second-order valence-corrected chi connectivity index (χ2v) is 7.38. The van der Waals surface area contributed by atoms with Crippen LogP contribution in [0.4, 0.5) is 0 Å². The van der Waals surface area contributed by atoms with E-state index in [1.165, 1.54) is 0 Å². The van der Waals surface area contributed by atoms with Gasteiger partial charge in [-0.2, -0.15) is 0 Å². The van der Waals surface area contributed by atoms with Crippen LogP contribution in [0.3, 0.4) is 0 Å². The first-order valence-corrected chi connectivity index (χ1v) is 7.87. The van der Waals surface area contributed by atoms with E-state index in [0.29, 0.717) is 11.4 Å². The number of fused-ring (bicyclic) bond motifs is 1. The molecule has 0 saturated heterocycles. The van der Waals surface area contributed by atoms with Gasteiger partial charge in [0, 0.05) is 12.0 Å². The molecule has 1 aliphatic carbocycles. The van der Waals surface area contributed by atoms with Crippen molar-refractivity contribution < 1.29 is 4.79 Å². The Morgan fingerprint density at radius 1 is 1.53 bits per heavy atom. The number of thiocarbonyl (C=S) groups is 1. The summed E-state index contributed by atoms with van der Waals surface area (Å²) in [7, 11) is 0. The highest BCUT2D eigenvalue weighted by molar-refractivity contribution is 8.00. The van der Waals surface area contributed by atoms with Crippen molar-refractivity contribution in [1.29, 1.82) is 0 Å². The summed E-state index contributed by atoms with van der Waals surface area (Å²) in [6.07, 6.45) is 3.49. The summed E-state index contributed by atoms with van der Waals surface area (Å²) in [6, 6.07) is 0. The van der Waals surface area contributed by atoms with Crippen molar-refractivity contribution in [3.63, 3.8) is 0 Å². The molecule has 1 heterocycles. The van der Waals surface area contributed by atoms with E-state index < -0.39 is 0 Å². The van der Waals surface area contributed by atoms with Gasteiger partial charge in [0.2, 0.25) is 0 Å². The molecule has 0 saturated carbocycles. The largest absolute Gasteiger partial charge is 0.389 e. The first kappa shape index (κ1) is 13.1. The van der Waals surface area contributed by atoms with E-state index in [1.807, 2.05) is 6.26 Å². The first-order chi connectivity index (χ1) is 7.88. The van der Waals surface area contributed by atoms with Gasteiger partial charge in [0.15, 0.2) is 5.78 Å². The number of thiophene rings is 1. The summed E-state index contributed by atoms with van der Waals surface area (Å²) in [4.78, 5) is 13.4. The van der Waals surface area contributed by atoms with Gasteiger partial charge in [-0.25, -0.2) is 0 Å². The van der Waals surface area contributed by atoms with Crippen molar-refractivity contribution >= 4 is 46.1 Å². The van der Waals surface area contributed by atoms with E-state index in [1.54, 1.807) is 23.1 Å². The number of ketones is 1. The zero-order valence-corrected chi connectivity index (χ0v) is 12.6. The Bertz CT molecular complexity index is 502. The highest BCUT2D eigenvalue weighted by Gasteiger charge is 2.38. The van der Waals surface area contributed by atoms with Crippen molar-refractivity contribution in [2.24, 2.45) is 5.73 Å². The number of carbonyl (C=O) groups is 1. The average molecular weight is 285 g/mol. The number of carbonyl (C=O) groups excluding carboxylic acids is 1. The molecule has 0 aliphatic heterocycles. The third-order valence-corrected chi connectivity index (χ3v) is 5.89. The molecule has 5 heteroatoms. The van der Waals surface area contributed by atoms with E-state index in [0.717, 1.165) is 26.6 Å². The normalized spacial score (nSPS) is 17.9. The highest BCUT2D eigenvalue weighted by atomic mass is 32.2. The molecule has 0 amide bonds. The Hall–Kier alpha value is -0.390. The maximum Gasteiger partial charge on any atom is 0.165 e. The van der Waals surface area contributed by atoms with Crippen LogP contribution in [-0.2, 0) is 5.41 Å². The molecule has 0 fully saturated rings. The second kappa shape index (κ2) is 4.37. The molecular weight excluding hydrogens is 270 g/mol. The Morgan fingerprint density at radius 3 is 2.71 bits per heavy atom. The number of hydrogen-bond donors (Lipinski definition) is 1. The Kier molecular flexibility index (Phi) is 3.36. The molecule has 17 heavy (non-hydrogen) atoms. The minimum atomic E-state index is -0.00745. The van der Waals surface area contributed by atoms with Crippen LogP contribution in [0.2, 0.25) is 0 Å². The van der Waals surface area contributed by atoms with Crippen molar-refractivity contribution in [2.75, 3.05) is 6.26 Å². The van der Waals surface area contributed by atoms with E-state index in [2.05, 4.69) is 13.8 Å². The zero-order chi connectivity index (χ0) is 12.8. The van der Waals surface area contributed by atoms with E-state index >= 15 is 0 Å². The van der Waals surface area contributed by atoms with Gasteiger partial charge in [-0.05, 0) is 23.7 Å². The van der Waals surface area contributed by atoms with Gasteiger partial charge in [-0.1, -0.05) is 26.1 Å². The van der Waals surface area contributed by atoms with Crippen LogP contribution < -0.4 is 5.73 Å². The molecule has 0 aromatic carbocycles. The van der Waals surface area contributed by atoms with Gasteiger partial charge >= 0.3 is 0 Å². The quantitative estimate of drug-likeness (QED) is 0.668. The van der Waals surface area contributed by atoms with Crippen LogP contribution in [0.15, 0.2) is 4.21 Å². The maximum absolute atomic E-state index is 12.1. The first-order valence-electron chi connectivity index (χ1n) is 5.42.